The molecule has 0 bridgehead atoms. The molecule has 3 rings (SSSR count). The molecular formula is C22H28O7. The van der Waals surface area contributed by atoms with Crippen LogP contribution in [-0.2, 0) is 6.42 Å². The Morgan fingerprint density at radius 1 is 0.966 bits per heavy atom. The molecule has 0 amide bonds. The Kier molecular flexibility index (Phi) is 6.27. The van der Waals surface area contributed by atoms with Crippen molar-refractivity contribution in [1.29, 1.82) is 0 Å². The van der Waals surface area contributed by atoms with Gasteiger partial charge in [0, 0.05) is 0 Å². The van der Waals surface area contributed by atoms with E-state index in [-0.39, 0.29) is 30.1 Å². The second-order valence-electron chi connectivity index (χ2n) is 7.29. The maximum absolute atomic E-state index is 10.9. The standard InChI is InChI=1S/C22H28O7/c1-12(6-14-7-17(25-3)22-19(8-14)28-11-29-22)13(2)20(24)15-9-16(23)21(27-5)18(10-15)26-4/h7-10,12-13,20,23-24H,6,11H2,1-5H3/t12-,13-,20-/m0/s1. The zero-order valence-electron chi connectivity index (χ0n) is 17.4. The maximum atomic E-state index is 10.9. The SMILES string of the molecule is COc1cc([C@@H](O)[C@@H](C)[C@@H](C)Cc2cc(OC)c3c(c2)OCO3)cc(O)c1OC. The van der Waals surface area contributed by atoms with Gasteiger partial charge in [-0.2, -0.15) is 0 Å². The highest BCUT2D eigenvalue weighted by atomic mass is 16.7. The highest BCUT2D eigenvalue weighted by Gasteiger charge is 2.26. The lowest BCUT2D eigenvalue weighted by molar-refractivity contribution is 0.0866. The van der Waals surface area contributed by atoms with Crippen molar-refractivity contribution in [2.75, 3.05) is 28.1 Å². The zero-order chi connectivity index (χ0) is 21.1. The van der Waals surface area contributed by atoms with Gasteiger partial charge in [-0.25, -0.2) is 0 Å². The molecule has 0 saturated heterocycles. The van der Waals surface area contributed by atoms with Crippen LogP contribution in [0.15, 0.2) is 24.3 Å². The first kappa shape index (κ1) is 20.9. The molecule has 7 nitrogen and oxygen atoms in total. The number of ether oxygens (including phenoxy) is 5. The number of phenolic OH excluding ortho intramolecular Hbond substituents is 1. The fraction of sp³-hybridized carbons (Fsp3) is 0.455. The Morgan fingerprint density at radius 3 is 2.34 bits per heavy atom. The molecule has 0 aromatic heterocycles. The van der Waals surface area contributed by atoms with Crippen LogP contribution < -0.4 is 23.7 Å². The number of aliphatic hydroxyl groups excluding tert-OH is 1. The van der Waals surface area contributed by atoms with Crippen molar-refractivity contribution in [3.8, 4) is 34.5 Å². The molecule has 1 aliphatic rings. The number of rotatable bonds is 8. The Labute approximate surface area is 170 Å². The molecule has 0 unspecified atom stereocenters. The Balaban J connectivity index is 1.78. The monoisotopic (exact) mass is 404 g/mol. The van der Waals surface area contributed by atoms with Crippen LogP contribution in [0.3, 0.4) is 0 Å². The van der Waals surface area contributed by atoms with E-state index in [0.717, 1.165) is 5.56 Å². The lowest BCUT2D eigenvalue weighted by Crippen LogP contribution is -2.19. The minimum atomic E-state index is -0.786. The number of methoxy groups -OCH3 is 3. The fourth-order valence-electron chi connectivity index (χ4n) is 3.61. The lowest BCUT2D eigenvalue weighted by Gasteiger charge is -2.26. The van der Waals surface area contributed by atoms with Crippen LogP contribution >= 0.6 is 0 Å². The van der Waals surface area contributed by atoms with Crippen LogP contribution in [0.4, 0.5) is 0 Å². The van der Waals surface area contributed by atoms with Gasteiger partial charge < -0.3 is 33.9 Å². The van der Waals surface area contributed by atoms with E-state index in [1.165, 1.54) is 20.3 Å². The van der Waals surface area contributed by atoms with Crippen LogP contribution in [0.5, 0.6) is 34.5 Å². The van der Waals surface area contributed by atoms with E-state index in [1.54, 1.807) is 13.2 Å². The second kappa shape index (κ2) is 8.69. The van der Waals surface area contributed by atoms with Gasteiger partial charge in [-0.05, 0) is 53.6 Å². The summed E-state index contributed by atoms with van der Waals surface area (Å²) in [6.07, 6.45) is -0.0727. The highest BCUT2D eigenvalue weighted by Crippen LogP contribution is 2.44. The van der Waals surface area contributed by atoms with E-state index in [4.69, 9.17) is 23.7 Å². The molecule has 1 aliphatic heterocycles. The van der Waals surface area contributed by atoms with Gasteiger partial charge >= 0.3 is 0 Å². The van der Waals surface area contributed by atoms with Crippen molar-refractivity contribution >= 4 is 0 Å². The fourth-order valence-corrected chi connectivity index (χ4v) is 3.61. The molecule has 2 aromatic rings. The minimum absolute atomic E-state index is 0.0683. The summed E-state index contributed by atoms with van der Waals surface area (Å²) in [6.45, 7) is 4.24. The molecular weight excluding hydrogens is 376 g/mol. The minimum Gasteiger partial charge on any atom is -0.504 e. The van der Waals surface area contributed by atoms with Crippen molar-refractivity contribution in [3.63, 3.8) is 0 Å². The smallest absolute Gasteiger partial charge is 0.231 e. The summed E-state index contributed by atoms with van der Waals surface area (Å²) in [5, 5.41) is 21.1. The summed E-state index contributed by atoms with van der Waals surface area (Å²) in [6, 6.07) is 7.09. The predicted octanol–water partition coefficient (Wildman–Crippen LogP) is 3.70. The summed E-state index contributed by atoms with van der Waals surface area (Å²) >= 11 is 0. The van der Waals surface area contributed by atoms with Gasteiger partial charge in [-0.3, -0.25) is 0 Å². The van der Waals surface area contributed by atoms with Crippen LogP contribution in [0.25, 0.3) is 0 Å². The molecule has 0 aliphatic carbocycles. The largest absolute Gasteiger partial charge is 0.504 e. The van der Waals surface area contributed by atoms with Crippen molar-refractivity contribution in [2.24, 2.45) is 11.8 Å². The third-order valence-electron chi connectivity index (χ3n) is 5.49. The average molecular weight is 404 g/mol. The maximum Gasteiger partial charge on any atom is 0.231 e. The van der Waals surface area contributed by atoms with Crippen LogP contribution in [-0.4, -0.2) is 38.3 Å². The van der Waals surface area contributed by atoms with Crippen molar-refractivity contribution in [1.82, 2.24) is 0 Å². The first-order chi connectivity index (χ1) is 13.9. The van der Waals surface area contributed by atoms with E-state index in [2.05, 4.69) is 6.92 Å². The molecule has 0 spiro atoms. The third kappa shape index (κ3) is 4.15. The topological polar surface area (TPSA) is 86.6 Å². The molecule has 158 valence electrons. The lowest BCUT2D eigenvalue weighted by atomic mass is 9.83. The summed E-state index contributed by atoms with van der Waals surface area (Å²) in [7, 11) is 4.55. The summed E-state index contributed by atoms with van der Waals surface area (Å²) in [5.74, 6) is 2.52. The molecule has 0 fully saturated rings. The number of aromatic hydroxyl groups is 1. The van der Waals surface area contributed by atoms with Gasteiger partial charge in [0.15, 0.2) is 23.0 Å². The van der Waals surface area contributed by atoms with Crippen LogP contribution in [0.1, 0.15) is 31.1 Å². The quantitative estimate of drug-likeness (QED) is 0.694. The molecule has 2 N–H and O–H groups in total. The van der Waals surface area contributed by atoms with Gasteiger partial charge in [0.05, 0.1) is 27.4 Å². The molecule has 1 heterocycles. The number of benzene rings is 2. The van der Waals surface area contributed by atoms with Crippen molar-refractivity contribution in [2.45, 2.75) is 26.4 Å². The molecule has 3 atom stereocenters. The van der Waals surface area contributed by atoms with E-state index >= 15 is 0 Å². The Morgan fingerprint density at radius 2 is 1.69 bits per heavy atom. The number of phenols is 1. The average Bonchev–Trinajstić information content (AvgIpc) is 3.19. The summed E-state index contributed by atoms with van der Waals surface area (Å²) in [4.78, 5) is 0. The normalized spacial score (nSPS) is 15.5. The van der Waals surface area contributed by atoms with Gasteiger partial charge in [0.25, 0.3) is 0 Å². The predicted molar refractivity (Wildman–Crippen MR) is 107 cm³/mol. The zero-order valence-corrected chi connectivity index (χ0v) is 17.4. The molecule has 29 heavy (non-hydrogen) atoms. The second-order valence-corrected chi connectivity index (χ2v) is 7.29. The van der Waals surface area contributed by atoms with Gasteiger partial charge in [0.1, 0.15) is 0 Å². The Bertz CT molecular complexity index is 865. The number of hydrogen-bond donors (Lipinski definition) is 2. The van der Waals surface area contributed by atoms with E-state index in [9.17, 15) is 10.2 Å². The highest BCUT2D eigenvalue weighted by molar-refractivity contribution is 5.55. The first-order valence-corrected chi connectivity index (χ1v) is 9.49. The van der Waals surface area contributed by atoms with Crippen molar-refractivity contribution < 1.29 is 33.9 Å². The summed E-state index contributed by atoms with van der Waals surface area (Å²) in [5.41, 5.74) is 1.61. The molecule has 7 heteroatoms. The third-order valence-corrected chi connectivity index (χ3v) is 5.49. The van der Waals surface area contributed by atoms with Crippen molar-refractivity contribution in [3.05, 3.63) is 35.4 Å². The number of hydrogen-bond acceptors (Lipinski definition) is 7. The first-order valence-electron chi connectivity index (χ1n) is 9.49. The number of fused-ring (bicyclic) bond motifs is 1. The Hall–Kier alpha value is -2.80. The van der Waals surface area contributed by atoms with Crippen LogP contribution in [0.2, 0.25) is 0 Å². The van der Waals surface area contributed by atoms with E-state index in [0.29, 0.717) is 35.0 Å². The molecule has 0 saturated carbocycles. The molecule has 2 aromatic carbocycles. The van der Waals surface area contributed by atoms with Crippen LogP contribution in [0, 0.1) is 11.8 Å². The number of aliphatic hydroxyl groups is 1. The molecule has 0 radical (unpaired) electrons. The summed E-state index contributed by atoms with van der Waals surface area (Å²) < 4.78 is 26.8. The van der Waals surface area contributed by atoms with Gasteiger partial charge in [-0.1, -0.05) is 13.8 Å². The van der Waals surface area contributed by atoms with E-state index < -0.39 is 6.10 Å². The van der Waals surface area contributed by atoms with Gasteiger partial charge in [-0.15, -0.1) is 0 Å². The van der Waals surface area contributed by atoms with Gasteiger partial charge in [0.2, 0.25) is 18.3 Å². The van der Waals surface area contributed by atoms with E-state index in [1.807, 2.05) is 19.1 Å².